The molecule has 1 saturated carbocycles. The van der Waals surface area contributed by atoms with Crippen LogP contribution >= 0.6 is 11.3 Å². The normalized spacial score (nSPS) is 16.9. The molecule has 0 saturated heterocycles. The van der Waals surface area contributed by atoms with E-state index in [0.29, 0.717) is 11.4 Å². The summed E-state index contributed by atoms with van der Waals surface area (Å²) < 4.78 is 30.0. The summed E-state index contributed by atoms with van der Waals surface area (Å²) in [6, 6.07) is 9.21. The van der Waals surface area contributed by atoms with Gasteiger partial charge in [-0.05, 0) is 42.3 Å². The molecule has 1 fully saturated rings. The highest BCUT2D eigenvalue weighted by Gasteiger charge is 2.36. The predicted octanol–water partition coefficient (Wildman–Crippen LogP) is 2.83. The molecule has 7 heteroatoms. The Hall–Kier alpha value is -1.70. The molecular weight excluding hydrogens is 318 g/mol. The molecule has 0 aromatic carbocycles. The molecule has 3 aromatic rings. The number of rotatable bonds is 5. The van der Waals surface area contributed by atoms with Crippen LogP contribution in [0.3, 0.4) is 0 Å². The van der Waals surface area contributed by atoms with Gasteiger partial charge in [0.15, 0.2) is 0 Å². The van der Waals surface area contributed by atoms with Gasteiger partial charge in [0.25, 0.3) is 0 Å². The number of nitrogens with zero attached hydrogens (tertiary/aromatic N) is 2. The summed E-state index contributed by atoms with van der Waals surface area (Å²) >= 11 is 1.59. The number of sulfonamides is 1. The van der Waals surface area contributed by atoms with Gasteiger partial charge in [-0.3, -0.25) is 0 Å². The zero-order valence-corrected chi connectivity index (χ0v) is 13.3. The van der Waals surface area contributed by atoms with Crippen LogP contribution in [0.2, 0.25) is 0 Å². The van der Waals surface area contributed by atoms with E-state index in [2.05, 4.69) is 9.82 Å². The van der Waals surface area contributed by atoms with Crippen molar-refractivity contribution in [2.24, 2.45) is 5.92 Å². The molecule has 1 unspecified atom stereocenters. The second-order valence-electron chi connectivity index (χ2n) is 5.49. The maximum Gasteiger partial charge on any atom is 0.244 e. The van der Waals surface area contributed by atoms with Crippen molar-refractivity contribution in [1.82, 2.24) is 14.3 Å². The van der Waals surface area contributed by atoms with Crippen LogP contribution in [0.1, 0.15) is 23.8 Å². The maximum absolute atomic E-state index is 12.8. The van der Waals surface area contributed by atoms with Crippen molar-refractivity contribution >= 4 is 26.9 Å². The first-order valence-corrected chi connectivity index (χ1v) is 9.49. The maximum atomic E-state index is 12.8. The predicted molar refractivity (Wildman–Crippen MR) is 85.3 cm³/mol. The first kappa shape index (κ1) is 13.9. The Balaban J connectivity index is 1.71. The molecule has 3 heterocycles. The lowest BCUT2D eigenvalue weighted by molar-refractivity contribution is 0.534. The minimum Gasteiger partial charge on any atom is -0.240 e. The molecule has 114 valence electrons. The average molecular weight is 333 g/mol. The summed E-state index contributed by atoms with van der Waals surface area (Å²) in [5, 5.41) is 6.10. The Morgan fingerprint density at radius 1 is 1.27 bits per heavy atom. The first-order valence-electron chi connectivity index (χ1n) is 7.13. The number of hydrogen-bond acceptors (Lipinski definition) is 4. The number of hydrogen-bond donors (Lipinski definition) is 1. The second-order valence-corrected chi connectivity index (χ2v) is 8.15. The number of aromatic nitrogens is 2. The minimum atomic E-state index is -3.60. The van der Waals surface area contributed by atoms with Crippen LogP contribution in [0.4, 0.5) is 0 Å². The van der Waals surface area contributed by atoms with Gasteiger partial charge in [-0.1, -0.05) is 12.1 Å². The van der Waals surface area contributed by atoms with Gasteiger partial charge in [0.05, 0.1) is 17.8 Å². The third kappa shape index (κ3) is 2.45. The Bertz CT molecular complexity index is 896. The summed E-state index contributed by atoms with van der Waals surface area (Å²) in [5.74, 6) is 0.398. The van der Waals surface area contributed by atoms with Crippen LogP contribution in [0.25, 0.3) is 5.52 Å². The summed E-state index contributed by atoms with van der Waals surface area (Å²) in [6.07, 6.45) is 5.29. The number of pyridine rings is 1. The molecule has 0 spiro atoms. The van der Waals surface area contributed by atoms with Gasteiger partial charge in [-0.2, -0.15) is 5.10 Å². The van der Waals surface area contributed by atoms with Crippen molar-refractivity contribution in [3.05, 3.63) is 53.0 Å². The molecule has 0 amide bonds. The third-order valence-electron chi connectivity index (χ3n) is 3.91. The highest BCUT2D eigenvalue weighted by atomic mass is 32.2. The summed E-state index contributed by atoms with van der Waals surface area (Å²) in [6.45, 7) is 0. The Morgan fingerprint density at radius 3 is 2.86 bits per heavy atom. The number of fused-ring (bicyclic) bond motifs is 1. The van der Waals surface area contributed by atoms with Gasteiger partial charge in [-0.25, -0.2) is 17.7 Å². The van der Waals surface area contributed by atoms with E-state index in [1.54, 1.807) is 28.1 Å². The molecule has 1 N–H and O–H groups in total. The molecule has 22 heavy (non-hydrogen) atoms. The number of nitrogens with one attached hydrogen (secondary N) is 1. The molecular formula is C15H15N3O2S2. The summed E-state index contributed by atoms with van der Waals surface area (Å²) in [7, 11) is -3.60. The minimum absolute atomic E-state index is 0.135. The van der Waals surface area contributed by atoms with Crippen LogP contribution in [-0.2, 0) is 10.0 Å². The second kappa shape index (κ2) is 5.19. The smallest absolute Gasteiger partial charge is 0.240 e. The lowest BCUT2D eigenvalue weighted by Crippen LogP contribution is -2.29. The zero-order valence-electron chi connectivity index (χ0n) is 11.7. The summed E-state index contributed by atoms with van der Waals surface area (Å²) in [4.78, 5) is 1.30. The molecule has 1 aliphatic rings. The fraction of sp³-hybridized carbons (Fsp3) is 0.267. The van der Waals surface area contributed by atoms with Crippen molar-refractivity contribution in [3.8, 4) is 0 Å². The quantitative estimate of drug-likeness (QED) is 0.781. The van der Waals surface area contributed by atoms with Crippen molar-refractivity contribution in [1.29, 1.82) is 0 Å². The van der Waals surface area contributed by atoms with Gasteiger partial charge >= 0.3 is 0 Å². The monoisotopic (exact) mass is 333 g/mol. The molecule has 0 bridgehead atoms. The van der Waals surface area contributed by atoms with Gasteiger partial charge < -0.3 is 0 Å². The largest absolute Gasteiger partial charge is 0.244 e. The van der Waals surface area contributed by atoms with Gasteiger partial charge in [-0.15, -0.1) is 11.3 Å². The molecule has 1 atom stereocenters. The Kier molecular flexibility index (Phi) is 3.28. The van der Waals surface area contributed by atoms with E-state index in [9.17, 15) is 8.42 Å². The SMILES string of the molecule is O=S(=O)(NC(c1cccs1)C1CC1)c1cnn2ccccc12. The van der Waals surface area contributed by atoms with E-state index in [1.165, 1.54) is 6.20 Å². The lowest BCUT2D eigenvalue weighted by atomic mass is 10.2. The third-order valence-corrected chi connectivity index (χ3v) is 6.32. The van der Waals surface area contributed by atoms with E-state index in [1.807, 2.05) is 29.6 Å². The molecule has 0 radical (unpaired) electrons. The fourth-order valence-corrected chi connectivity index (χ4v) is 4.98. The average Bonchev–Trinajstić information content (AvgIpc) is 3.02. The van der Waals surface area contributed by atoms with Gasteiger partial charge in [0, 0.05) is 11.1 Å². The van der Waals surface area contributed by atoms with Crippen LogP contribution in [-0.4, -0.2) is 18.0 Å². The highest BCUT2D eigenvalue weighted by molar-refractivity contribution is 7.89. The molecule has 5 nitrogen and oxygen atoms in total. The van der Waals surface area contributed by atoms with E-state index in [-0.39, 0.29) is 10.9 Å². The topological polar surface area (TPSA) is 63.5 Å². The van der Waals surface area contributed by atoms with Crippen LogP contribution in [0, 0.1) is 5.92 Å². The first-order chi connectivity index (χ1) is 10.6. The van der Waals surface area contributed by atoms with Crippen molar-refractivity contribution in [2.45, 2.75) is 23.8 Å². The van der Waals surface area contributed by atoms with Crippen LogP contribution in [0.5, 0.6) is 0 Å². The Morgan fingerprint density at radius 2 is 2.14 bits per heavy atom. The number of thiophene rings is 1. The highest BCUT2D eigenvalue weighted by Crippen LogP contribution is 2.43. The Labute approximate surface area is 132 Å². The van der Waals surface area contributed by atoms with Crippen molar-refractivity contribution in [3.63, 3.8) is 0 Å². The van der Waals surface area contributed by atoms with Crippen molar-refractivity contribution in [2.75, 3.05) is 0 Å². The fourth-order valence-electron chi connectivity index (χ4n) is 2.63. The molecule has 1 aliphatic carbocycles. The van der Waals surface area contributed by atoms with E-state index >= 15 is 0 Å². The molecule has 4 rings (SSSR count). The van der Waals surface area contributed by atoms with Crippen molar-refractivity contribution < 1.29 is 8.42 Å². The van der Waals surface area contributed by atoms with Crippen LogP contribution in [0.15, 0.2) is 53.0 Å². The van der Waals surface area contributed by atoms with E-state index in [4.69, 9.17) is 0 Å². The lowest BCUT2D eigenvalue weighted by Gasteiger charge is -2.16. The summed E-state index contributed by atoms with van der Waals surface area (Å²) in [5.41, 5.74) is 0.593. The van der Waals surface area contributed by atoms with Gasteiger partial charge in [0.2, 0.25) is 10.0 Å². The van der Waals surface area contributed by atoms with Crippen LogP contribution < -0.4 is 4.72 Å². The van der Waals surface area contributed by atoms with E-state index in [0.717, 1.165) is 17.7 Å². The standard InChI is InChI=1S/C15H15N3O2S2/c19-22(20,14-10-16-18-8-2-1-4-12(14)18)17-15(11-6-7-11)13-5-3-9-21-13/h1-5,8-11,15,17H,6-7H2. The zero-order chi connectivity index (χ0) is 15.2. The van der Waals surface area contributed by atoms with Gasteiger partial charge in [0.1, 0.15) is 4.90 Å². The molecule has 3 aromatic heterocycles. The van der Waals surface area contributed by atoms with E-state index < -0.39 is 10.0 Å². The molecule has 0 aliphatic heterocycles.